The molecular weight excluding hydrogens is 198 g/mol. The highest BCUT2D eigenvalue weighted by molar-refractivity contribution is 6.28. The topological polar surface area (TPSA) is 38.7 Å². The van der Waals surface area contributed by atoms with Crippen LogP contribution in [-0.2, 0) is 0 Å². The van der Waals surface area contributed by atoms with E-state index in [1.807, 2.05) is 18.2 Å². The molecule has 0 aliphatic rings. The first-order valence-electron chi connectivity index (χ1n) is 4.46. The van der Waals surface area contributed by atoms with Gasteiger partial charge in [0.25, 0.3) is 0 Å². The summed E-state index contributed by atoms with van der Waals surface area (Å²) in [5.74, 6) is 0.480. The molecule has 0 aliphatic heterocycles. The summed E-state index contributed by atoms with van der Waals surface area (Å²) in [4.78, 5) is 4.11. The molecule has 0 bridgehead atoms. The number of fused-ring (bicyclic) bond motifs is 1. The van der Waals surface area contributed by atoms with E-state index < -0.39 is 0 Å². The number of rotatable bonds is 1. The normalized spacial score (nSPS) is 11.1. The predicted octanol–water partition coefficient (Wildman–Crippen LogP) is 2.80. The summed E-state index contributed by atoms with van der Waals surface area (Å²) in [7, 11) is 0. The molecule has 0 radical (unpaired) electrons. The third-order valence-electron chi connectivity index (χ3n) is 2.12. The van der Waals surface area contributed by atoms with Gasteiger partial charge in [0, 0.05) is 0 Å². The molecule has 0 aliphatic carbocycles. The lowest BCUT2D eigenvalue weighted by Crippen LogP contribution is -1.92. The molecule has 0 atom stereocenters. The van der Waals surface area contributed by atoms with E-state index in [0.717, 1.165) is 11.0 Å². The van der Waals surface area contributed by atoms with Crippen molar-refractivity contribution >= 4 is 22.6 Å². The van der Waals surface area contributed by atoms with Crippen molar-refractivity contribution in [1.29, 1.82) is 0 Å². The van der Waals surface area contributed by atoms with Crippen LogP contribution in [0.1, 0.15) is 25.3 Å². The van der Waals surface area contributed by atoms with Gasteiger partial charge in [-0.15, -0.1) is 10.2 Å². The molecule has 4 heteroatoms. The average Bonchev–Trinajstić information content (AvgIpc) is 2.16. The number of halogens is 1. The second-order valence-corrected chi connectivity index (χ2v) is 3.82. The summed E-state index contributed by atoms with van der Waals surface area (Å²) in [5, 5.41) is 7.82. The summed E-state index contributed by atoms with van der Waals surface area (Å²) < 4.78 is 0. The molecule has 0 spiro atoms. The van der Waals surface area contributed by atoms with Crippen LogP contribution in [0.25, 0.3) is 11.0 Å². The Morgan fingerprint density at radius 2 is 1.93 bits per heavy atom. The molecule has 2 rings (SSSR count). The first-order valence-corrected chi connectivity index (χ1v) is 4.84. The largest absolute Gasteiger partial charge is 0.243 e. The van der Waals surface area contributed by atoms with Gasteiger partial charge >= 0.3 is 0 Å². The summed E-state index contributed by atoms with van der Waals surface area (Å²) >= 11 is 5.67. The molecule has 0 N–H and O–H groups in total. The van der Waals surface area contributed by atoms with Crippen molar-refractivity contribution in [3.63, 3.8) is 0 Å². The highest BCUT2D eigenvalue weighted by atomic mass is 35.5. The quantitative estimate of drug-likeness (QED) is 0.722. The van der Waals surface area contributed by atoms with E-state index in [-0.39, 0.29) is 5.28 Å². The lowest BCUT2D eigenvalue weighted by atomic mass is 10.0. The molecule has 72 valence electrons. The van der Waals surface area contributed by atoms with Crippen LogP contribution in [0.3, 0.4) is 0 Å². The zero-order valence-corrected chi connectivity index (χ0v) is 8.78. The Morgan fingerprint density at radius 1 is 1.14 bits per heavy atom. The maximum atomic E-state index is 5.67. The van der Waals surface area contributed by atoms with E-state index in [1.165, 1.54) is 5.56 Å². The van der Waals surface area contributed by atoms with Gasteiger partial charge in [0.05, 0.1) is 5.52 Å². The molecule has 0 unspecified atom stereocenters. The van der Waals surface area contributed by atoms with Crippen molar-refractivity contribution < 1.29 is 0 Å². The number of nitrogens with zero attached hydrogens (tertiary/aromatic N) is 3. The minimum absolute atomic E-state index is 0.193. The van der Waals surface area contributed by atoms with Gasteiger partial charge in [-0.3, -0.25) is 0 Å². The van der Waals surface area contributed by atoms with Crippen LogP contribution in [0.5, 0.6) is 0 Å². The highest BCUT2D eigenvalue weighted by Gasteiger charge is 2.03. The van der Waals surface area contributed by atoms with Gasteiger partial charge in [0.2, 0.25) is 5.28 Å². The van der Waals surface area contributed by atoms with Crippen molar-refractivity contribution in [3.05, 3.63) is 29.0 Å². The van der Waals surface area contributed by atoms with Gasteiger partial charge < -0.3 is 0 Å². The Morgan fingerprint density at radius 3 is 2.64 bits per heavy atom. The third-order valence-corrected chi connectivity index (χ3v) is 2.28. The second kappa shape index (κ2) is 3.50. The van der Waals surface area contributed by atoms with Gasteiger partial charge in [0.15, 0.2) is 0 Å². The Hall–Kier alpha value is -1.22. The van der Waals surface area contributed by atoms with Gasteiger partial charge in [-0.2, -0.15) is 0 Å². The number of hydrogen-bond acceptors (Lipinski definition) is 3. The van der Waals surface area contributed by atoms with E-state index >= 15 is 0 Å². The fourth-order valence-electron chi connectivity index (χ4n) is 1.29. The van der Waals surface area contributed by atoms with Gasteiger partial charge in [-0.05, 0) is 35.2 Å². The summed E-state index contributed by atoms with van der Waals surface area (Å²) in [6.45, 7) is 4.27. The van der Waals surface area contributed by atoms with Crippen molar-refractivity contribution in [2.24, 2.45) is 0 Å². The molecule has 1 aromatic heterocycles. The Labute approximate surface area is 87.1 Å². The summed E-state index contributed by atoms with van der Waals surface area (Å²) in [6, 6.07) is 5.96. The Balaban J connectivity index is 2.63. The Kier molecular flexibility index (Phi) is 2.33. The lowest BCUT2D eigenvalue weighted by molar-refractivity contribution is 0.867. The molecule has 2 aromatic rings. The van der Waals surface area contributed by atoms with Crippen LogP contribution in [0, 0.1) is 0 Å². The molecular formula is C10H10ClN3. The summed E-state index contributed by atoms with van der Waals surface area (Å²) in [6.07, 6.45) is 0. The van der Waals surface area contributed by atoms with Crippen LogP contribution in [-0.4, -0.2) is 15.2 Å². The monoisotopic (exact) mass is 207 g/mol. The van der Waals surface area contributed by atoms with E-state index in [0.29, 0.717) is 5.92 Å². The first-order chi connectivity index (χ1) is 6.66. The predicted molar refractivity (Wildman–Crippen MR) is 56.4 cm³/mol. The average molecular weight is 208 g/mol. The first kappa shape index (κ1) is 9.34. The molecule has 0 fully saturated rings. The highest BCUT2D eigenvalue weighted by Crippen LogP contribution is 2.18. The molecule has 1 heterocycles. The number of hydrogen-bond donors (Lipinski definition) is 0. The molecule has 0 amide bonds. The molecule has 0 saturated heterocycles. The van der Waals surface area contributed by atoms with Crippen molar-refractivity contribution in [1.82, 2.24) is 15.2 Å². The third kappa shape index (κ3) is 1.68. The smallest absolute Gasteiger partial charge is 0.215 e. The van der Waals surface area contributed by atoms with E-state index in [4.69, 9.17) is 11.6 Å². The summed E-state index contributed by atoms with van der Waals surface area (Å²) in [5.41, 5.74) is 2.81. The van der Waals surface area contributed by atoms with Gasteiger partial charge in [0.1, 0.15) is 5.52 Å². The van der Waals surface area contributed by atoms with Gasteiger partial charge in [-0.1, -0.05) is 19.9 Å². The van der Waals surface area contributed by atoms with Crippen molar-refractivity contribution in [3.8, 4) is 0 Å². The fraction of sp³-hybridized carbons (Fsp3) is 0.300. The lowest BCUT2D eigenvalue weighted by Gasteiger charge is -2.05. The molecule has 1 aromatic carbocycles. The maximum absolute atomic E-state index is 5.67. The minimum atomic E-state index is 0.193. The van der Waals surface area contributed by atoms with Crippen LogP contribution >= 0.6 is 11.6 Å². The zero-order valence-electron chi connectivity index (χ0n) is 8.03. The molecule has 3 nitrogen and oxygen atoms in total. The van der Waals surface area contributed by atoms with Crippen molar-refractivity contribution in [2.75, 3.05) is 0 Å². The van der Waals surface area contributed by atoms with Crippen molar-refractivity contribution in [2.45, 2.75) is 19.8 Å². The van der Waals surface area contributed by atoms with Crippen LogP contribution < -0.4 is 0 Å². The van der Waals surface area contributed by atoms with Crippen LogP contribution in [0.2, 0.25) is 5.28 Å². The standard InChI is InChI=1S/C10H10ClN3/c1-6(2)7-3-4-8-9(5-7)12-10(11)14-13-8/h3-6H,1-2H3. The zero-order chi connectivity index (χ0) is 10.1. The minimum Gasteiger partial charge on any atom is -0.215 e. The molecule has 0 saturated carbocycles. The fourth-order valence-corrected chi connectivity index (χ4v) is 1.42. The van der Waals surface area contributed by atoms with E-state index in [1.54, 1.807) is 0 Å². The van der Waals surface area contributed by atoms with Gasteiger partial charge in [-0.25, -0.2) is 4.98 Å². The van der Waals surface area contributed by atoms with Crippen LogP contribution in [0.4, 0.5) is 0 Å². The van der Waals surface area contributed by atoms with E-state index in [9.17, 15) is 0 Å². The Bertz CT molecular complexity index is 468. The second-order valence-electron chi connectivity index (χ2n) is 3.48. The number of aromatic nitrogens is 3. The SMILES string of the molecule is CC(C)c1ccc2nnc(Cl)nc2c1. The number of benzene rings is 1. The maximum Gasteiger partial charge on any atom is 0.243 e. The van der Waals surface area contributed by atoms with Crippen LogP contribution in [0.15, 0.2) is 18.2 Å². The van der Waals surface area contributed by atoms with E-state index in [2.05, 4.69) is 29.0 Å². The molecule has 14 heavy (non-hydrogen) atoms.